The summed E-state index contributed by atoms with van der Waals surface area (Å²) in [5.74, 6) is 0. The predicted octanol–water partition coefficient (Wildman–Crippen LogP) is 5.38. The molecule has 5 heteroatoms. The number of para-hydroxylation sites is 1. The predicted molar refractivity (Wildman–Crippen MR) is 98.9 cm³/mol. The van der Waals surface area contributed by atoms with Crippen LogP contribution in [0.3, 0.4) is 0 Å². The van der Waals surface area contributed by atoms with Crippen LogP contribution in [0.5, 0.6) is 0 Å². The Hall–Kier alpha value is -2.33. The first-order valence-electron chi connectivity index (χ1n) is 8.16. The number of hydrogen-bond donors (Lipinski definition) is 1. The van der Waals surface area contributed by atoms with E-state index >= 15 is 0 Å². The van der Waals surface area contributed by atoms with Gasteiger partial charge >= 0.3 is 0 Å². The van der Waals surface area contributed by atoms with Crippen molar-refractivity contribution in [1.29, 1.82) is 0 Å². The van der Waals surface area contributed by atoms with Crippen molar-refractivity contribution in [2.24, 2.45) is 5.16 Å². The van der Waals surface area contributed by atoms with Gasteiger partial charge in [0.2, 0.25) is 0 Å². The number of pyridine rings is 1. The number of rotatable bonds is 7. The molecule has 1 aromatic carbocycles. The van der Waals surface area contributed by atoms with Gasteiger partial charge in [-0.2, -0.15) is 0 Å². The first-order chi connectivity index (χ1) is 11.8. The van der Waals surface area contributed by atoms with Crippen LogP contribution in [0.25, 0.3) is 22.2 Å². The summed E-state index contributed by atoms with van der Waals surface area (Å²) < 4.78 is 2.29. The monoisotopic (exact) mass is 341 g/mol. The van der Waals surface area contributed by atoms with E-state index in [1.165, 1.54) is 0 Å². The molecule has 4 nitrogen and oxygen atoms in total. The average molecular weight is 342 g/mol. The minimum atomic E-state index is 0.783. The third kappa shape index (κ3) is 3.44. The van der Waals surface area contributed by atoms with E-state index in [9.17, 15) is 0 Å². The van der Waals surface area contributed by atoms with E-state index < -0.39 is 0 Å². The number of aromatic nitrogens is 2. The molecule has 0 radical (unpaired) electrons. The van der Waals surface area contributed by atoms with Crippen LogP contribution in [-0.2, 0) is 6.54 Å². The molecule has 0 aliphatic carbocycles. The molecule has 124 valence electrons. The summed E-state index contributed by atoms with van der Waals surface area (Å²) in [6.45, 7) is 0.897. The Morgan fingerprint density at radius 2 is 2.00 bits per heavy atom. The van der Waals surface area contributed by atoms with Crippen molar-refractivity contribution in [3.8, 4) is 11.3 Å². The van der Waals surface area contributed by atoms with Crippen LogP contribution >= 0.6 is 11.6 Å². The second-order valence-electron chi connectivity index (χ2n) is 5.72. The molecule has 2 aromatic heterocycles. The van der Waals surface area contributed by atoms with Crippen molar-refractivity contribution < 1.29 is 5.21 Å². The summed E-state index contributed by atoms with van der Waals surface area (Å²) in [5.41, 5.74) is 3.22. The molecule has 0 saturated carbocycles. The topological polar surface area (TPSA) is 50.4 Å². The lowest BCUT2D eigenvalue weighted by Crippen LogP contribution is -2.01. The minimum Gasteiger partial charge on any atom is -0.411 e. The Labute approximate surface area is 146 Å². The molecule has 0 saturated heterocycles. The number of unbranched alkanes of at least 4 members (excludes halogenated alkanes) is 3. The fourth-order valence-electron chi connectivity index (χ4n) is 3.02. The van der Waals surface area contributed by atoms with E-state index in [1.807, 2.05) is 30.5 Å². The van der Waals surface area contributed by atoms with Crippen LogP contribution in [0.2, 0.25) is 5.02 Å². The average Bonchev–Trinajstić information content (AvgIpc) is 2.91. The Balaban J connectivity index is 1.90. The Bertz CT molecular complexity index is 827. The van der Waals surface area contributed by atoms with Crippen LogP contribution in [-0.4, -0.2) is 21.0 Å². The summed E-state index contributed by atoms with van der Waals surface area (Å²) >= 11 is 6.68. The Morgan fingerprint density at radius 1 is 1.12 bits per heavy atom. The second kappa shape index (κ2) is 7.97. The fourth-order valence-corrected chi connectivity index (χ4v) is 3.39. The van der Waals surface area contributed by atoms with E-state index in [0.29, 0.717) is 0 Å². The molecule has 24 heavy (non-hydrogen) atoms. The lowest BCUT2D eigenvalue weighted by Gasteiger charge is -2.11. The molecule has 0 bridgehead atoms. The summed E-state index contributed by atoms with van der Waals surface area (Å²) in [5, 5.41) is 13.3. The summed E-state index contributed by atoms with van der Waals surface area (Å²) in [7, 11) is 0. The number of aryl methyl sites for hydroxylation is 1. The molecule has 1 N–H and O–H groups in total. The van der Waals surface area contributed by atoms with Crippen molar-refractivity contribution >= 4 is 28.7 Å². The van der Waals surface area contributed by atoms with Gasteiger partial charge < -0.3 is 9.77 Å². The van der Waals surface area contributed by atoms with Gasteiger partial charge in [0.15, 0.2) is 0 Å². The number of nitrogens with zero attached hydrogens (tertiary/aromatic N) is 3. The van der Waals surface area contributed by atoms with E-state index in [0.717, 1.165) is 59.4 Å². The SMILES string of the molecule is O/N=C/CCCCCn1c(-c2cccnc2)c(Cl)c2ccccc21. The van der Waals surface area contributed by atoms with E-state index in [4.69, 9.17) is 16.8 Å². The van der Waals surface area contributed by atoms with Crippen LogP contribution in [0.15, 0.2) is 53.9 Å². The van der Waals surface area contributed by atoms with Crippen molar-refractivity contribution in [3.63, 3.8) is 0 Å². The molecular weight excluding hydrogens is 322 g/mol. The molecule has 0 unspecified atom stereocenters. The lowest BCUT2D eigenvalue weighted by atomic mass is 10.2. The van der Waals surface area contributed by atoms with Gasteiger partial charge in [-0.3, -0.25) is 4.98 Å². The van der Waals surface area contributed by atoms with Gasteiger partial charge in [0.05, 0.1) is 16.2 Å². The maximum atomic E-state index is 8.43. The first-order valence-corrected chi connectivity index (χ1v) is 8.53. The fraction of sp³-hybridized carbons (Fsp3) is 0.263. The van der Waals surface area contributed by atoms with Crippen LogP contribution in [0, 0.1) is 0 Å². The number of oxime groups is 1. The number of hydrogen-bond acceptors (Lipinski definition) is 3. The molecule has 0 aliphatic rings. The molecule has 2 heterocycles. The Morgan fingerprint density at radius 3 is 2.79 bits per heavy atom. The second-order valence-corrected chi connectivity index (χ2v) is 6.10. The maximum Gasteiger partial charge on any atom is 0.0743 e. The minimum absolute atomic E-state index is 0.783. The maximum absolute atomic E-state index is 8.43. The van der Waals surface area contributed by atoms with Crippen molar-refractivity contribution in [2.75, 3.05) is 0 Å². The van der Waals surface area contributed by atoms with E-state index in [2.05, 4.69) is 26.8 Å². The van der Waals surface area contributed by atoms with Crippen LogP contribution in [0.1, 0.15) is 25.7 Å². The van der Waals surface area contributed by atoms with Gasteiger partial charge in [0.25, 0.3) is 0 Å². The quantitative estimate of drug-likeness (QED) is 0.271. The number of halogens is 1. The highest BCUT2D eigenvalue weighted by molar-refractivity contribution is 6.38. The molecule has 0 amide bonds. The van der Waals surface area contributed by atoms with Crippen molar-refractivity contribution in [2.45, 2.75) is 32.2 Å². The van der Waals surface area contributed by atoms with Crippen molar-refractivity contribution in [3.05, 3.63) is 53.8 Å². The largest absolute Gasteiger partial charge is 0.411 e. The lowest BCUT2D eigenvalue weighted by molar-refractivity contribution is 0.320. The molecule has 0 fully saturated rings. The molecule has 0 spiro atoms. The van der Waals surface area contributed by atoms with E-state index in [1.54, 1.807) is 12.4 Å². The van der Waals surface area contributed by atoms with Gasteiger partial charge in [-0.15, -0.1) is 5.16 Å². The molecule has 0 atom stereocenters. The third-order valence-corrected chi connectivity index (χ3v) is 4.52. The normalized spacial score (nSPS) is 11.5. The summed E-state index contributed by atoms with van der Waals surface area (Å²) in [4.78, 5) is 4.23. The smallest absolute Gasteiger partial charge is 0.0743 e. The zero-order valence-electron chi connectivity index (χ0n) is 13.4. The third-order valence-electron chi connectivity index (χ3n) is 4.14. The van der Waals surface area contributed by atoms with Gasteiger partial charge in [-0.05, 0) is 37.5 Å². The molecular formula is C19H20ClN3O. The molecule has 3 aromatic rings. The van der Waals surface area contributed by atoms with Gasteiger partial charge in [0.1, 0.15) is 0 Å². The zero-order chi connectivity index (χ0) is 16.8. The first kappa shape index (κ1) is 16.5. The highest BCUT2D eigenvalue weighted by Gasteiger charge is 2.16. The Kier molecular flexibility index (Phi) is 5.49. The molecule has 0 aliphatic heterocycles. The highest BCUT2D eigenvalue weighted by atomic mass is 35.5. The van der Waals surface area contributed by atoms with Gasteiger partial charge in [-0.1, -0.05) is 36.2 Å². The van der Waals surface area contributed by atoms with E-state index in [-0.39, 0.29) is 0 Å². The number of benzene rings is 1. The summed E-state index contributed by atoms with van der Waals surface area (Å²) in [6.07, 6.45) is 9.10. The number of fused-ring (bicyclic) bond motifs is 1. The van der Waals surface area contributed by atoms with Crippen LogP contribution < -0.4 is 0 Å². The van der Waals surface area contributed by atoms with Gasteiger partial charge in [-0.25, -0.2) is 0 Å². The molecule has 3 rings (SSSR count). The van der Waals surface area contributed by atoms with Gasteiger partial charge in [0, 0.05) is 36.1 Å². The zero-order valence-corrected chi connectivity index (χ0v) is 14.2. The van der Waals surface area contributed by atoms with Crippen LogP contribution in [0.4, 0.5) is 0 Å². The highest BCUT2D eigenvalue weighted by Crippen LogP contribution is 2.37. The summed E-state index contributed by atoms with van der Waals surface area (Å²) in [6, 6.07) is 12.2. The standard InChI is InChI=1S/C19H20ClN3O/c20-18-16-9-3-4-10-17(16)23(13-6-2-1-5-12-22-24)19(18)15-8-7-11-21-14-15/h3-4,7-12,14,24H,1-2,5-6,13H2/b22-12+. The van der Waals surface area contributed by atoms with Crippen molar-refractivity contribution in [1.82, 2.24) is 9.55 Å².